The molecule has 0 fully saturated rings. The fraction of sp³-hybridized carbons (Fsp3) is 0.643. The van der Waals surface area contributed by atoms with Gasteiger partial charge in [0.1, 0.15) is 5.76 Å². The molecule has 0 radical (unpaired) electrons. The van der Waals surface area contributed by atoms with Crippen molar-refractivity contribution in [3.63, 3.8) is 0 Å². The highest BCUT2D eigenvalue weighted by atomic mass is 16.5. The van der Waals surface area contributed by atoms with Crippen LogP contribution >= 0.6 is 0 Å². The molecule has 0 aliphatic carbocycles. The van der Waals surface area contributed by atoms with Crippen molar-refractivity contribution in [2.75, 3.05) is 0 Å². The molecule has 0 spiro atoms. The van der Waals surface area contributed by atoms with Crippen LogP contribution in [0, 0.1) is 0 Å². The Morgan fingerprint density at radius 2 is 2.00 bits per heavy atom. The van der Waals surface area contributed by atoms with E-state index in [0.717, 1.165) is 0 Å². The SMILES string of the molecule is CCC(CC)(CC(=O)O)NC(=O)c1cc(C(C)C)on1. The third-order valence-electron chi connectivity index (χ3n) is 3.55. The van der Waals surface area contributed by atoms with Crippen molar-refractivity contribution in [1.82, 2.24) is 10.5 Å². The third-order valence-corrected chi connectivity index (χ3v) is 3.55. The minimum absolute atomic E-state index is 0.110. The number of rotatable bonds is 7. The first kappa shape index (κ1) is 16.2. The Morgan fingerprint density at radius 3 is 2.40 bits per heavy atom. The highest BCUT2D eigenvalue weighted by Crippen LogP contribution is 2.21. The maximum absolute atomic E-state index is 12.2. The number of amides is 1. The van der Waals surface area contributed by atoms with Gasteiger partial charge < -0.3 is 14.9 Å². The molecule has 112 valence electrons. The molecule has 0 saturated carbocycles. The second kappa shape index (κ2) is 6.54. The molecule has 1 aromatic rings. The number of carbonyl (C=O) groups is 2. The average Bonchev–Trinajstić information content (AvgIpc) is 2.87. The number of carbonyl (C=O) groups excluding carboxylic acids is 1. The second-order valence-electron chi connectivity index (χ2n) is 5.28. The normalized spacial score (nSPS) is 11.7. The predicted octanol–water partition coefficient (Wildman–Crippen LogP) is 2.56. The van der Waals surface area contributed by atoms with Crippen LogP contribution in [0.4, 0.5) is 0 Å². The van der Waals surface area contributed by atoms with Crippen LogP contribution in [0.2, 0.25) is 0 Å². The van der Waals surface area contributed by atoms with E-state index in [4.69, 9.17) is 9.63 Å². The molecule has 1 aromatic heterocycles. The van der Waals surface area contributed by atoms with E-state index < -0.39 is 17.4 Å². The number of nitrogens with zero attached hydrogens (tertiary/aromatic N) is 1. The molecule has 0 bridgehead atoms. The molecule has 1 amide bonds. The van der Waals surface area contributed by atoms with Gasteiger partial charge in [-0.25, -0.2) is 0 Å². The van der Waals surface area contributed by atoms with Crippen LogP contribution in [0.3, 0.4) is 0 Å². The average molecular weight is 282 g/mol. The van der Waals surface area contributed by atoms with E-state index in [1.807, 2.05) is 27.7 Å². The zero-order valence-electron chi connectivity index (χ0n) is 12.4. The van der Waals surface area contributed by atoms with E-state index in [9.17, 15) is 9.59 Å². The number of aliphatic carboxylic acids is 1. The lowest BCUT2D eigenvalue weighted by atomic mass is 9.89. The number of hydrogen-bond acceptors (Lipinski definition) is 4. The predicted molar refractivity (Wildman–Crippen MR) is 73.6 cm³/mol. The summed E-state index contributed by atoms with van der Waals surface area (Å²) >= 11 is 0. The Labute approximate surface area is 118 Å². The molecule has 20 heavy (non-hydrogen) atoms. The molecule has 0 aliphatic rings. The topological polar surface area (TPSA) is 92.4 Å². The van der Waals surface area contributed by atoms with Crippen molar-refractivity contribution in [2.24, 2.45) is 0 Å². The van der Waals surface area contributed by atoms with Gasteiger partial charge in [0.2, 0.25) is 0 Å². The fourth-order valence-electron chi connectivity index (χ4n) is 1.98. The van der Waals surface area contributed by atoms with E-state index in [1.165, 1.54) is 0 Å². The Balaban J connectivity index is 2.87. The lowest BCUT2D eigenvalue weighted by Gasteiger charge is -2.30. The second-order valence-corrected chi connectivity index (χ2v) is 5.28. The van der Waals surface area contributed by atoms with Crippen molar-refractivity contribution >= 4 is 11.9 Å². The molecule has 0 aliphatic heterocycles. The summed E-state index contributed by atoms with van der Waals surface area (Å²) < 4.78 is 5.08. The van der Waals surface area contributed by atoms with Crippen LogP contribution in [-0.4, -0.2) is 27.7 Å². The summed E-state index contributed by atoms with van der Waals surface area (Å²) in [6.07, 6.45) is 0.966. The van der Waals surface area contributed by atoms with Gasteiger partial charge in [0.15, 0.2) is 5.69 Å². The van der Waals surface area contributed by atoms with E-state index >= 15 is 0 Å². The molecule has 0 unspecified atom stereocenters. The van der Waals surface area contributed by atoms with Crippen LogP contribution in [0.25, 0.3) is 0 Å². The summed E-state index contributed by atoms with van der Waals surface area (Å²) in [6.45, 7) is 7.59. The van der Waals surface area contributed by atoms with Gasteiger partial charge in [-0.3, -0.25) is 9.59 Å². The zero-order valence-corrected chi connectivity index (χ0v) is 12.4. The van der Waals surface area contributed by atoms with Gasteiger partial charge >= 0.3 is 5.97 Å². The number of aromatic nitrogens is 1. The summed E-state index contributed by atoms with van der Waals surface area (Å²) in [5.74, 6) is -0.556. The molecule has 6 heteroatoms. The maximum Gasteiger partial charge on any atom is 0.305 e. The van der Waals surface area contributed by atoms with Crippen molar-refractivity contribution < 1.29 is 19.2 Å². The highest BCUT2D eigenvalue weighted by Gasteiger charge is 2.32. The standard InChI is InChI=1S/C14H22N2O4/c1-5-14(6-2,8-12(17)18)15-13(19)10-7-11(9(3)4)20-16-10/h7,9H,5-6,8H2,1-4H3,(H,15,19)(H,17,18). The maximum atomic E-state index is 12.2. The van der Waals surface area contributed by atoms with Crippen molar-refractivity contribution in [1.29, 1.82) is 0 Å². The minimum atomic E-state index is -0.933. The Kier molecular flexibility index (Phi) is 5.30. The Bertz CT molecular complexity index is 475. The highest BCUT2D eigenvalue weighted by molar-refractivity contribution is 5.93. The van der Waals surface area contributed by atoms with E-state index in [1.54, 1.807) is 6.07 Å². The van der Waals surface area contributed by atoms with Gasteiger partial charge in [-0.15, -0.1) is 0 Å². The molecular weight excluding hydrogens is 260 g/mol. The van der Waals surface area contributed by atoms with Gasteiger partial charge in [0.25, 0.3) is 5.91 Å². The first-order valence-electron chi connectivity index (χ1n) is 6.84. The third kappa shape index (κ3) is 3.82. The van der Waals surface area contributed by atoms with Crippen LogP contribution in [0.15, 0.2) is 10.6 Å². The summed E-state index contributed by atoms with van der Waals surface area (Å²) in [7, 11) is 0. The molecular formula is C14H22N2O4. The molecule has 1 rings (SSSR count). The van der Waals surface area contributed by atoms with Crippen LogP contribution in [0.5, 0.6) is 0 Å². The Hall–Kier alpha value is -1.85. The molecule has 1 heterocycles. The molecule has 0 aromatic carbocycles. The van der Waals surface area contributed by atoms with Crippen molar-refractivity contribution in [3.05, 3.63) is 17.5 Å². The zero-order chi connectivity index (χ0) is 15.3. The summed E-state index contributed by atoms with van der Waals surface area (Å²) in [6, 6.07) is 1.59. The smallest absolute Gasteiger partial charge is 0.305 e. The monoisotopic (exact) mass is 282 g/mol. The molecule has 0 saturated heterocycles. The van der Waals surface area contributed by atoms with Crippen molar-refractivity contribution in [2.45, 2.75) is 58.4 Å². The van der Waals surface area contributed by atoms with Crippen LogP contribution in [-0.2, 0) is 4.79 Å². The molecule has 0 atom stereocenters. The van der Waals surface area contributed by atoms with Gasteiger partial charge in [-0.1, -0.05) is 32.9 Å². The van der Waals surface area contributed by atoms with Crippen molar-refractivity contribution in [3.8, 4) is 0 Å². The minimum Gasteiger partial charge on any atom is -0.481 e. The van der Waals surface area contributed by atoms with E-state index in [-0.39, 0.29) is 18.0 Å². The van der Waals surface area contributed by atoms with Crippen LogP contribution in [0.1, 0.15) is 69.1 Å². The van der Waals surface area contributed by atoms with Gasteiger partial charge in [-0.2, -0.15) is 0 Å². The van der Waals surface area contributed by atoms with Gasteiger partial charge in [0.05, 0.1) is 12.0 Å². The molecule has 6 nitrogen and oxygen atoms in total. The number of nitrogens with one attached hydrogen (secondary N) is 1. The lowest BCUT2D eigenvalue weighted by Crippen LogP contribution is -2.49. The fourth-order valence-corrected chi connectivity index (χ4v) is 1.98. The number of carboxylic acid groups (broad SMARTS) is 1. The summed E-state index contributed by atoms with van der Waals surface area (Å²) in [4.78, 5) is 23.1. The van der Waals surface area contributed by atoms with E-state index in [2.05, 4.69) is 10.5 Å². The van der Waals surface area contributed by atoms with Gasteiger partial charge in [0, 0.05) is 12.0 Å². The Morgan fingerprint density at radius 1 is 1.40 bits per heavy atom. The quantitative estimate of drug-likeness (QED) is 0.801. The van der Waals surface area contributed by atoms with E-state index in [0.29, 0.717) is 18.6 Å². The number of hydrogen-bond donors (Lipinski definition) is 2. The lowest BCUT2D eigenvalue weighted by molar-refractivity contribution is -0.138. The van der Waals surface area contributed by atoms with Gasteiger partial charge in [-0.05, 0) is 12.8 Å². The summed E-state index contributed by atoms with van der Waals surface area (Å²) in [5.41, 5.74) is -0.565. The number of carboxylic acids is 1. The first-order valence-corrected chi connectivity index (χ1v) is 6.84. The molecule has 2 N–H and O–H groups in total. The summed E-state index contributed by atoms with van der Waals surface area (Å²) in [5, 5.41) is 15.5. The first-order chi connectivity index (χ1) is 9.33. The van der Waals surface area contributed by atoms with Crippen LogP contribution < -0.4 is 5.32 Å². The largest absolute Gasteiger partial charge is 0.481 e.